The number of rotatable bonds is 11. The van der Waals surface area contributed by atoms with Gasteiger partial charge in [0.05, 0.1) is 25.4 Å². The van der Waals surface area contributed by atoms with E-state index < -0.39 is 5.54 Å². The van der Waals surface area contributed by atoms with E-state index in [1.54, 1.807) is 0 Å². The van der Waals surface area contributed by atoms with Crippen molar-refractivity contribution in [2.45, 2.75) is 63.8 Å². The number of carbonyl (C=O) groups excluding carboxylic acids is 1. The Balaban J connectivity index is 2.18. The topological polar surface area (TPSA) is 38.8 Å². The van der Waals surface area contributed by atoms with E-state index in [9.17, 15) is 4.79 Å². The van der Waals surface area contributed by atoms with Gasteiger partial charge in [0.15, 0.2) is 5.78 Å². The molecule has 1 aliphatic rings. The number of morpholine rings is 1. The highest BCUT2D eigenvalue weighted by molar-refractivity contribution is 7.99. The van der Waals surface area contributed by atoms with Crippen LogP contribution in [-0.4, -0.2) is 54.9 Å². The highest BCUT2D eigenvalue weighted by atomic mass is 32.2. The van der Waals surface area contributed by atoms with E-state index in [4.69, 9.17) is 9.47 Å². The summed E-state index contributed by atoms with van der Waals surface area (Å²) in [5.74, 6) is 2.08. The minimum absolute atomic E-state index is 0.148. The lowest BCUT2D eigenvalue weighted by Crippen LogP contribution is -2.54. The maximum atomic E-state index is 13.3. The maximum absolute atomic E-state index is 13.3. The van der Waals surface area contributed by atoms with Gasteiger partial charge in [-0.1, -0.05) is 26.7 Å². The second kappa shape index (κ2) is 11.1. The van der Waals surface area contributed by atoms with Gasteiger partial charge in [-0.05, 0) is 50.6 Å². The molecule has 27 heavy (non-hydrogen) atoms. The van der Waals surface area contributed by atoms with Gasteiger partial charge < -0.3 is 9.47 Å². The van der Waals surface area contributed by atoms with Gasteiger partial charge in [0.2, 0.25) is 0 Å². The van der Waals surface area contributed by atoms with Gasteiger partial charge in [-0.3, -0.25) is 9.69 Å². The van der Waals surface area contributed by atoms with Crippen LogP contribution in [0, 0.1) is 0 Å². The molecule has 0 spiro atoms. The highest BCUT2D eigenvalue weighted by Gasteiger charge is 2.36. The molecule has 2 rings (SSSR count). The smallest absolute Gasteiger partial charge is 0.182 e. The summed E-state index contributed by atoms with van der Waals surface area (Å²) in [5, 5.41) is 0. The first-order chi connectivity index (χ1) is 13.0. The van der Waals surface area contributed by atoms with E-state index in [1.165, 1.54) is 12.8 Å². The van der Waals surface area contributed by atoms with Gasteiger partial charge in [0.1, 0.15) is 5.75 Å². The van der Waals surface area contributed by atoms with Crippen molar-refractivity contribution in [2.75, 3.05) is 38.7 Å². The number of ketones is 1. The Morgan fingerprint density at radius 3 is 2.56 bits per heavy atom. The molecule has 0 saturated carbocycles. The quantitative estimate of drug-likeness (QED) is 0.299. The molecule has 0 unspecified atom stereocenters. The summed E-state index contributed by atoms with van der Waals surface area (Å²) < 4.78 is 11.5. The first kappa shape index (κ1) is 22.3. The number of unbranched alkanes of at least 4 members (excludes halogenated alkanes) is 2. The normalized spacial score (nSPS) is 15.7. The lowest BCUT2D eigenvalue weighted by Gasteiger charge is -2.39. The summed E-state index contributed by atoms with van der Waals surface area (Å²) in [6, 6.07) is 5.98. The Bertz CT molecular complexity index is 597. The van der Waals surface area contributed by atoms with E-state index in [-0.39, 0.29) is 5.78 Å². The minimum atomic E-state index is -0.540. The van der Waals surface area contributed by atoms with Crippen molar-refractivity contribution >= 4 is 17.5 Å². The van der Waals surface area contributed by atoms with Crippen molar-refractivity contribution in [3.05, 3.63) is 23.8 Å². The van der Waals surface area contributed by atoms with Crippen LogP contribution in [0.2, 0.25) is 0 Å². The SMILES string of the molecule is CCCCOc1cc(C(=O)C(C)(C)N2CCOCC2)ccc1SCCCC. The van der Waals surface area contributed by atoms with Crippen molar-refractivity contribution in [3.63, 3.8) is 0 Å². The van der Waals surface area contributed by atoms with Crippen molar-refractivity contribution < 1.29 is 14.3 Å². The Hall–Kier alpha value is -1.04. The van der Waals surface area contributed by atoms with Crippen LogP contribution >= 0.6 is 11.8 Å². The average Bonchev–Trinajstić information content (AvgIpc) is 2.69. The van der Waals surface area contributed by atoms with Crippen LogP contribution in [0.4, 0.5) is 0 Å². The Morgan fingerprint density at radius 1 is 1.19 bits per heavy atom. The zero-order valence-electron chi connectivity index (χ0n) is 17.4. The van der Waals surface area contributed by atoms with Crippen LogP contribution in [0.5, 0.6) is 5.75 Å². The lowest BCUT2D eigenvalue weighted by molar-refractivity contribution is -0.00431. The van der Waals surface area contributed by atoms with E-state index in [1.807, 2.05) is 37.7 Å². The van der Waals surface area contributed by atoms with E-state index in [2.05, 4.69) is 24.8 Å². The molecule has 0 atom stereocenters. The van der Waals surface area contributed by atoms with Gasteiger partial charge in [-0.15, -0.1) is 11.8 Å². The average molecular weight is 394 g/mol. The summed E-state index contributed by atoms with van der Waals surface area (Å²) in [6.07, 6.45) is 4.49. The fourth-order valence-electron chi connectivity index (χ4n) is 3.15. The number of carbonyl (C=O) groups is 1. The van der Waals surface area contributed by atoms with Crippen molar-refractivity contribution in [2.24, 2.45) is 0 Å². The molecule has 152 valence electrons. The molecule has 0 aliphatic carbocycles. The van der Waals surface area contributed by atoms with Gasteiger partial charge in [-0.2, -0.15) is 0 Å². The molecule has 1 aromatic rings. The first-order valence-electron chi connectivity index (χ1n) is 10.3. The van der Waals surface area contributed by atoms with E-state index in [0.29, 0.717) is 19.8 Å². The third kappa shape index (κ3) is 6.23. The number of thioether (sulfide) groups is 1. The second-order valence-corrected chi connectivity index (χ2v) is 8.69. The monoisotopic (exact) mass is 393 g/mol. The van der Waals surface area contributed by atoms with Gasteiger partial charge in [0, 0.05) is 23.5 Å². The van der Waals surface area contributed by atoms with Crippen molar-refractivity contribution in [1.82, 2.24) is 4.90 Å². The molecule has 1 aliphatic heterocycles. The zero-order chi connectivity index (χ0) is 19.7. The van der Waals surface area contributed by atoms with Crippen LogP contribution < -0.4 is 4.74 Å². The fraction of sp³-hybridized carbons (Fsp3) is 0.682. The number of Topliss-reactive ketones (excluding diaryl/α,β-unsaturated/α-hetero) is 1. The minimum Gasteiger partial charge on any atom is -0.492 e. The molecule has 0 aromatic heterocycles. The van der Waals surface area contributed by atoms with E-state index >= 15 is 0 Å². The third-order valence-corrected chi connectivity index (χ3v) is 6.22. The maximum Gasteiger partial charge on any atom is 0.182 e. The Morgan fingerprint density at radius 2 is 1.89 bits per heavy atom. The number of nitrogens with zero attached hydrogens (tertiary/aromatic N) is 1. The molecular weight excluding hydrogens is 358 g/mol. The fourth-order valence-corrected chi connectivity index (χ4v) is 4.23. The molecule has 0 bridgehead atoms. The zero-order valence-corrected chi connectivity index (χ0v) is 18.2. The molecule has 1 heterocycles. The predicted molar refractivity (Wildman–Crippen MR) is 113 cm³/mol. The molecule has 0 radical (unpaired) electrons. The largest absolute Gasteiger partial charge is 0.492 e. The van der Waals surface area contributed by atoms with Crippen LogP contribution in [0.15, 0.2) is 23.1 Å². The second-order valence-electron chi connectivity index (χ2n) is 7.55. The van der Waals surface area contributed by atoms with Crippen molar-refractivity contribution in [3.8, 4) is 5.75 Å². The highest BCUT2D eigenvalue weighted by Crippen LogP contribution is 2.33. The lowest BCUT2D eigenvalue weighted by atomic mass is 9.90. The number of hydrogen-bond donors (Lipinski definition) is 0. The van der Waals surface area contributed by atoms with Crippen LogP contribution in [-0.2, 0) is 4.74 Å². The van der Waals surface area contributed by atoms with Crippen LogP contribution in [0.1, 0.15) is 63.7 Å². The molecular formula is C22H35NO3S. The molecule has 0 N–H and O–H groups in total. The molecule has 4 nitrogen and oxygen atoms in total. The first-order valence-corrected chi connectivity index (χ1v) is 11.3. The van der Waals surface area contributed by atoms with Gasteiger partial charge in [-0.25, -0.2) is 0 Å². The summed E-state index contributed by atoms with van der Waals surface area (Å²) >= 11 is 1.82. The Labute approximate surface area is 169 Å². The number of ether oxygens (including phenoxy) is 2. The predicted octanol–water partition coefficient (Wildman–Crippen LogP) is 5.05. The van der Waals surface area contributed by atoms with E-state index in [0.717, 1.165) is 47.9 Å². The summed E-state index contributed by atoms with van der Waals surface area (Å²) in [4.78, 5) is 16.6. The third-order valence-electron chi connectivity index (χ3n) is 5.07. The number of benzene rings is 1. The van der Waals surface area contributed by atoms with Gasteiger partial charge >= 0.3 is 0 Å². The molecule has 1 saturated heterocycles. The molecule has 5 heteroatoms. The van der Waals surface area contributed by atoms with Crippen molar-refractivity contribution in [1.29, 1.82) is 0 Å². The Kier molecular flexibility index (Phi) is 9.13. The number of hydrogen-bond acceptors (Lipinski definition) is 5. The summed E-state index contributed by atoms with van der Waals surface area (Å²) in [5.41, 5.74) is 0.194. The summed E-state index contributed by atoms with van der Waals surface area (Å²) in [7, 11) is 0. The molecule has 1 fully saturated rings. The standard InChI is InChI=1S/C22H35NO3S/c1-5-7-13-26-19-17-18(9-10-20(19)27-16-8-6-2)21(24)22(3,4)23-11-14-25-15-12-23/h9-10,17H,5-8,11-16H2,1-4H3. The van der Waals surface area contributed by atoms with Gasteiger partial charge in [0.25, 0.3) is 0 Å². The molecule has 0 amide bonds. The van der Waals surface area contributed by atoms with Crippen LogP contribution in [0.25, 0.3) is 0 Å². The molecule has 1 aromatic carbocycles. The van der Waals surface area contributed by atoms with Crippen LogP contribution in [0.3, 0.4) is 0 Å². The summed E-state index contributed by atoms with van der Waals surface area (Å²) in [6.45, 7) is 12.1.